The maximum absolute atomic E-state index is 13.6. The van der Waals surface area contributed by atoms with Crippen molar-refractivity contribution in [1.29, 1.82) is 0 Å². The van der Waals surface area contributed by atoms with Gasteiger partial charge in [-0.25, -0.2) is 4.39 Å². The highest BCUT2D eigenvalue weighted by Crippen LogP contribution is 2.23. The molecule has 2 rings (SSSR count). The Balaban J connectivity index is 2.50. The van der Waals surface area contributed by atoms with Gasteiger partial charge in [-0.05, 0) is 55.3 Å². The third-order valence-corrected chi connectivity index (χ3v) is 3.74. The quantitative estimate of drug-likeness (QED) is 0.649. The van der Waals surface area contributed by atoms with Gasteiger partial charge in [0.25, 0.3) is 0 Å². The molecule has 0 unspecified atom stereocenters. The summed E-state index contributed by atoms with van der Waals surface area (Å²) < 4.78 is 15.2. The van der Waals surface area contributed by atoms with Crippen LogP contribution in [-0.4, -0.2) is 5.78 Å². The lowest BCUT2D eigenvalue weighted by molar-refractivity contribution is 0.103. The zero-order valence-electron chi connectivity index (χ0n) is 10.4. The van der Waals surface area contributed by atoms with Gasteiger partial charge in [0, 0.05) is 20.1 Å². The zero-order chi connectivity index (χ0) is 14.2. The molecule has 0 aliphatic rings. The second-order valence-corrected chi connectivity index (χ2v) is 6.24. The van der Waals surface area contributed by atoms with Crippen LogP contribution in [0.15, 0.2) is 39.3 Å². The van der Waals surface area contributed by atoms with Crippen LogP contribution in [0.3, 0.4) is 0 Å². The summed E-state index contributed by atoms with van der Waals surface area (Å²) in [4.78, 5) is 12.4. The standard InChI is InChI=1S/C15H11Br2FO/c1-8-3-10(4-9(2)14(8)18)15(19)11-5-12(16)7-13(17)6-11/h3-7H,1-2H3. The zero-order valence-corrected chi connectivity index (χ0v) is 13.6. The largest absolute Gasteiger partial charge is 0.289 e. The lowest BCUT2D eigenvalue weighted by Crippen LogP contribution is -2.04. The number of aryl methyl sites for hydroxylation is 2. The van der Waals surface area contributed by atoms with E-state index in [2.05, 4.69) is 31.9 Å². The first-order chi connectivity index (χ1) is 8.88. The van der Waals surface area contributed by atoms with Crippen molar-refractivity contribution in [2.75, 3.05) is 0 Å². The molecule has 0 saturated carbocycles. The van der Waals surface area contributed by atoms with Crippen molar-refractivity contribution in [2.24, 2.45) is 0 Å². The number of ketones is 1. The van der Waals surface area contributed by atoms with Gasteiger partial charge in [-0.15, -0.1) is 0 Å². The molecule has 0 radical (unpaired) electrons. The molecule has 0 bridgehead atoms. The molecule has 0 saturated heterocycles. The summed E-state index contributed by atoms with van der Waals surface area (Å²) >= 11 is 6.70. The molecular formula is C15H11Br2FO. The van der Waals surface area contributed by atoms with Crippen LogP contribution in [0.5, 0.6) is 0 Å². The molecule has 0 aliphatic heterocycles. The lowest BCUT2D eigenvalue weighted by atomic mass is 9.99. The minimum Gasteiger partial charge on any atom is -0.289 e. The van der Waals surface area contributed by atoms with E-state index in [9.17, 15) is 9.18 Å². The molecule has 98 valence electrons. The minimum absolute atomic E-state index is 0.117. The maximum Gasteiger partial charge on any atom is 0.193 e. The van der Waals surface area contributed by atoms with E-state index in [0.29, 0.717) is 22.3 Å². The van der Waals surface area contributed by atoms with Gasteiger partial charge < -0.3 is 0 Å². The van der Waals surface area contributed by atoms with Crippen LogP contribution in [0.4, 0.5) is 4.39 Å². The summed E-state index contributed by atoms with van der Waals surface area (Å²) in [5.74, 6) is -0.375. The predicted octanol–water partition coefficient (Wildman–Crippen LogP) is 5.20. The van der Waals surface area contributed by atoms with E-state index < -0.39 is 0 Å². The smallest absolute Gasteiger partial charge is 0.193 e. The molecular weight excluding hydrogens is 375 g/mol. The SMILES string of the molecule is Cc1cc(C(=O)c2cc(Br)cc(Br)c2)cc(C)c1F. The first kappa shape index (κ1) is 14.4. The number of hydrogen-bond donors (Lipinski definition) is 0. The number of hydrogen-bond acceptors (Lipinski definition) is 1. The Bertz CT molecular complexity index is 622. The molecule has 0 spiro atoms. The van der Waals surface area contributed by atoms with E-state index in [1.807, 2.05) is 6.07 Å². The number of halogens is 3. The van der Waals surface area contributed by atoms with Gasteiger partial charge in [0.05, 0.1) is 0 Å². The fourth-order valence-electron chi connectivity index (χ4n) is 1.93. The highest BCUT2D eigenvalue weighted by molar-refractivity contribution is 9.11. The average Bonchev–Trinajstić information content (AvgIpc) is 2.33. The highest BCUT2D eigenvalue weighted by atomic mass is 79.9. The fraction of sp³-hybridized carbons (Fsp3) is 0.133. The summed E-state index contributed by atoms with van der Waals surface area (Å²) in [7, 11) is 0. The van der Waals surface area contributed by atoms with Crippen molar-refractivity contribution in [3.63, 3.8) is 0 Å². The Kier molecular flexibility index (Phi) is 4.21. The monoisotopic (exact) mass is 384 g/mol. The average molecular weight is 386 g/mol. The van der Waals surface area contributed by atoms with Gasteiger partial charge >= 0.3 is 0 Å². The molecule has 1 nitrogen and oxygen atoms in total. The molecule has 0 heterocycles. The molecule has 0 aromatic heterocycles. The molecule has 2 aromatic rings. The summed E-state index contributed by atoms with van der Waals surface area (Å²) in [5, 5.41) is 0. The summed E-state index contributed by atoms with van der Waals surface area (Å²) in [6.45, 7) is 3.33. The van der Waals surface area contributed by atoms with Crippen LogP contribution in [0.1, 0.15) is 27.0 Å². The van der Waals surface area contributed by atoms with Gasteiger partial charge in [-0.3, -0.25) is 4.79 Å². The first-order valence-electron chi connectivity index (χ1n) is 5.66. The van der Waals surface area contributed by atoms with E-state index in [0.717, 1.165) is 8.95 Å². The van der Waals surface area contributed by atoms with Gasteiger partial charge in [-0.1, -0.05) is 31.9 Å². The first-order valence-corrected chi connectivity index (χ1v) is 7.24. The van der Waals surface area contributed by atoms with Gasteiger partial charge in [-0.2, -0.15) is 0 Å². The summed E-state index contributed by atoms with van der Waals surface area (Å²) in [6, 6.07) is 8.53. The van der Waals surface area contributed by atoms with Gasteiger partial charge in [0.15, 0.2) is 5.78 Å². The number of carbonyl (C=O) groups excluding carboxylic acids is 1. The van der Waals surface area contributed by atoms with Crippen molar-refractivity contribution in [2.45, 2.75) is 13.8 Å². The molecule has 2 aromatic carbocycles. The molecule has 0 atom stereocenters. The van der Waals surface area contributed by atoms with E-state index >= 15 is 0 Å². The van der Waals surface area contributed by atoms with Crippen LogP contribution in [0.25, 0.3) is 0 Å². The molecule has 0 aliphatic carbocycles. The molecule has 0 fully saturated rings. The van der Waals surface area contributed by atoms with Crippen LogP contribution >= 0.6 is 31.9 Å². The normalized spacial score (nSPS) is 10.6. The van der Waals surface area contributed by atoms with Crippen molar-refractivity contribution in [3.8, 4) is 0 Å². The van der Waals surface area contributed by atoms with Crippen molar-refractivity contribution < 1.29 is 9.18 Å². The van der Waals surface area contributed by atoms with Crippen molar-refractivity contribution in [1.82, 2.24) is 0 Å². The van der Waals surface area contributed by atoms with Crippen LogP contribution in [-0.2, 0) is 0 Å². The van der Waals surface area contributed by atoms with Crippen LogP contribution in [0.2, 0.25) is 0 Å². The maximum atomic E-state index is 13.6. The van der Waals surface area contributed by atoms with E-state index in [1.165, 1.54) is 0 Å². The Morgan fingerprint density at radius 1 is 0.895 bits per heavy atom. The molecule has 4 heteroatoms. The van der Waals surface area contributed by atoms with Crippen LogP contribution < -0.4 is 0 Å². The summed E-state index contributed by atoms with van der Waals surface area (Å²) in [5.41, 5.74) is 2.03. The van der Waals surface area contributed by atoms with Crippen LogP contribution in [0, 0.1) is 19.7 Å². The Labute approximate surface area is 128 Å². The second kappa shape index (κ2) is 5.55. The fourth-order valence-corrected chi connectivity index (χ4v) is 3.22. The highest BCUT2D eigenvalue weighted by Gasteiger charge is 2.13. The minimum atomic E-state index is -0.257. The molecule has 19 heavy (non-hydrogen) atoms. The number of carbonyl (C=O) groups is 1. The van der Waals surface area contributed by atoms with E-state index in [-0.39, 0.29) is 11.6 Å². The topological polar surface area (TPSA) is 17.1 Å². The summed E-state index contributed by atoms with van der Waals surface area (Å²) in [6.07, 6.45) is 0. The Hall–Kier alpha value is -1.00. The third-order valence-electron chi connectivity index (χ3n) is 2.82. The van der Waals surface area contributed by atoms with Crippen molar-refractivity contribution in [3.05, 3.63) is 67.3 Å². The molecule has 0 amide bonds. The van der Waals surface area contributed by atoms with E-state index in [1.54, 1.807) is 38.1 Å². The van der Waals surface area contributed by atoms with Gasteiger partial charge in [0.1, 0.15) is 5.82 Å². The third kappa shape index (κ3) is 3.12. The number of benzene rings is 2. The second-order valence-electron chi connectivity index (χ2n) is 4.41. The predicted molar refractivity (Wildman–Crippen MR) is 81.1 cm³/mol. The van der Waals surface area contributed by atoms with Gasteiger partial charge in [0.2, 0.25) is 0 Å². The molecule has 0 N–H and O–H groups in total. The van der Waals surface area contributed by atoms with E-state index in [4.69, 9.17) is 0 Å². The van der Waals surface area contributed by atoms with Crippen molar-refractivity contribution >= 4 is 37.6 Å². The Morgan fingerprint density at radius 2 is 1.32 bits per heavy atom. The lowest BCUT2D eigenvalue weighted by Gasteiger charge is -2.07. The Morgan fingerprint density at radius 3 is 1.79 bits per heavy atom. The number of rotatable bonds is 2.